The number of halogens is 1. The maximum absolute atomic E-state index is 12.6. The van der Waals surface area contributed by atoms with E-state index in [0.717, 1.165) is 12.8 Å². The van der Waals surface area contributed by atoms with Gasteiger partial charge in [-0.05, 0) is 39.7 Å². The van der Waals surface area contributed by atoms with Crippen LogP contribution in [0.1, 0.15) is 44.1 Å². The van der Waals surface area contributed by atoms with Gasteiger partial charge in [0.1, 0.15) is 10.6 Å². The van der Waals surface area contributed by atoms with Crippen LogP contribution in [0.3, 0.4) is 0 Å². The highest BCUT2D eigenvalue weighted by atomic mass is 35.7. The number of carbonyl (C=O) groups is 1. The van der Waals surface area contributed by atoms with Crippen molar-refractivity contribution < 1.29 is 13.2 Å². The van der Waals surface area contributed by atoms with Crippen LogP contribution in [0.2, 0.25) is 0 Å². The lowest BCUT2D eigenvalue weighted by Gasteiger charge is -2.31. The van der Waals surface area contributed by atoms with Crippen LogP contribution in [0.5, 0.6) is 0 Å². The lowest BCUT2D eigenvalue weighted by Crippen LogP contribution is -2.43. The number of rotatable bonds is 3. The molecule has 0 spiro atoms. The second-order valence-electron chi connectivity index (χ2n) is 5.66. The zero-order chi connectivity index (χ0) is 15.1. The largest absolute Gasteiger partial charge is 0.342 e. The van der Waals surface area contributed by atoms with Gasteiger partial charge >= 0.3 is 0 Å². The molecule has 0 aromatic carbocycles. The van der Waals surface area contributed by atoms with E-state index < -0.39 is 9.05 Å². The van der Waals surface area contributed by atoms with Gasteiger partial charge in [-0.1, -0.05) is 0 Å². The van der Waals surface area contributed by atoms with E-state index in [9.17, 15) is 13.2 Å². The molecule has 0 aliphatic carbocycles. The summed E-state index contributed by atoms with van der Waals surface area (Å²) in [4.78, 5) is 14.4. The molecule has 0 saturated carbocycles. The molecule has 1 saturated heterocycles. The summed E-state index contributed by atoms with van der Waals surface area (Å²) in [6.07, 6.45) is 3.33. The average molecular weight is 319 g/mol. The van der Waals surface area contributed by atoms with E-state index in [1.807, 2.05) is 20.8 Å². The number of nitrogens with zero attached hydrogens (tertiary/aromatic N) is 2. The molecule has 7 heteroatoms. The van der Waals surface area contributed by atoms with Crippen molar-refractivity contribution >= 4 is 25.6 Å². The van der Waals surface area contributed by atoms with E-state index in [1.165, 1.54) is 12.3 Å². The van der Waals surface area contributed by atoms with Gasteiger partial charge in [-0.25, -0.2) is 8.42 Å². The summed E-state index contributed by atoms with van der Waals surface area (Å²) >= 11 is 0. The molecule has 1 aliphatic rings. The van der Waals surface area contributed by atoms with Crippen LogP contribution in [0, 0.1) is 0 Å². The Labute approximate surface area is 123 Å². The predicted octanol–water partition coefficient (Wildman–Crippen LogP) is 2.45. The maximum atomic E-state index is 12.6. The van der Waals surface area contributed by atoms with Gasteiger partial charge in [0.05, 0.1) is 0 Å². The first-order valence-electron chi connectivity index (χ1n) is 6.63. The third kappa shape index (κ3) is 2.72. The number of amides is 1. The number of carbonyl (C=O) groups excluding carboxylic acids is 1. The van der Waals surface area contributed by atoms with E-state index in [0.29, 0.717) is 18.8 Å². The molecular weight excluding hydrogens is 300 g/mol. The van der Waals surface area contributed by atoms with Crippen LogP contribution in [0.25, 0.3) is 0 Å². The van der Waals surface area contributed by atoms with Crippen molar-refractivity contribution in [3.63, 3.8) is 0 Å². The smallest absolute Gasteiger partial charge is 0.270 e. The Morgan fingerprint density at radius 2 is 2.10 bits per heavy atom. The fraction of sp³-hybridized carbons (Fsp3) is 0.615. The highest BCUT2D eigenvalue weighted by Gasteiger charge is 2.37. The monoisotopic (exact) mass is 318 g/mol. The number of aromatic nitrogens is 1. The van der Waals surface area contributed by atoms with Crippen molar-refractivity contribution in [2.45, 2.75) is 50.6 Å². The Balaban J connectivity index is 2.42. The third-order valence-electron chi connectivity index (χ3n) is 3.86. The van der Waals surface area contributed by atoms with E-state index in [-0.39, 0.29) is 16.3 Å². The Kier molecular flexibility index (Phi) is 3.90. The molecule has 112 valence electrons. The lowest BCUT2D eigenvalue weighted by molar-refractivity contribution is 0.0641. The van der Waals surface area contributed by atoms with Crippen molar-refractivity contribution in [2.75, 3.05) is 6.54 Å². The van der Waals surface area contributed by atoms with E-state index in [2.05, 4.69) is 0 Å². The van der Waals surface area contributed by atoms with E-state index in [4.69, 9.17) is 10.7 Å². The molecular formula is C13H19ClN2O3S. The molecule has 1 aliphatic heterocycles. The number of hydrogen-bond acceptors (Lipinski definition) is 3. The highest BCUT2D eigenvalue weighted by molar-refractivity contribution is 8.13. The molecule has 0 radical (unpaired) electrons. The standard InChI is InChI=1S/C13H19ClN2O3S/c1-4-15-9-10(20(14,18)19)8-11(15)12(17)16-7-5-6-13(16,2)3/h8-9H,4-7H2,1-3H3. The molecule has 2 heterocycles. The summed E-state index contributed by atoms with van der Waals surface area (Å²) in [6, 6.07) is 1.36. The first-order valence-corrected chi connectivity index (χ1v) is 8.94. The minimum Gasteiger partial charge on any atom is -0.342 e. The van der Waals surface area contributed by atoms with Gasteiger partial charge in [-0.2, -0.15) is 0 Å². The first-order chi connectivity index (χ1) is 9.16. The average Bonchev–Trinajstić information content (AvgIpc) is 2.90. The zero-order valence-corrected chi connectivity index (χ0v) is 13.5. The fourth-order valence-electron chi connectivity index (χ4n) is 2.68. The number of aryl methyl sites for hydroxylation is 1. The molecule has 1 amide bonds. The summed E-state index contributed by atoms with van der Waals surface area (Å²) in [7, 11) is 1.54. The molecule has 0 unspecified atom stereocenters. The van der Waals surface area contributed by atoms with Crippen LogP contribution in [-0.4, -0.2) is 35.9 Å². The predicted molar refractivity (Wildman–Crippen MR) is 77.5 cm³/mol. The fourth-order valence-corrected chi connectivity index (χ4v) is 3.44. The van der Waals surface area contributed by atoms with Crippen LogP contribution < -0.4 is 0 Å². The topological polar surface area (TPSA) is 59.4 Å². The molecule has 1 aromatic rings. The molecule has 2 rings (SSSR count). The summed E-state index contributed by atoms with van der Waals surface area (Å²) in [5.41, 5.74) is 0.182. The Bertz CT molecular complexity index is 634. The molecule has 5 nitrogen and oxygen atoms in total. The summed E-state index contributed by atoms with van der Waals surface area (Å²) in [5.74, 6) is -0.138. The maximum Gasteiger partial charge on any atom is 0.270 e. The van der Waals surface area contributed by atoms with Crippen molar-refractivity contribution in [1.82, 2.24) is 9.47 Å². The van der Waals surface area contributed by atoms with E-state index in [1.54, 1.807) is 9.47 Å². The van der Waals surface area contributed by atoms with Gasteiger partial charge in [-0.3, -0.25) is 4.79 Å². The second-order valence-corrected chi connectivity index (χ2v) is 8.22. The lowest BCUT2D eigenvalue weighted by atomic mass is 10.0. The minimum absolute atomic E-state index is 0.0265. The summed E-state index contributed by atoms with van der Waals surface area (Å²) in [6.45, 7) is 7.12. The number of likely N-dealkylation sites (tertiary alicyclic amines) is 1. The first kappa shape index (κ1) is 15.4. The van der Waals surface area contributed by atoms with Crippen LogP contribution in [0.4, 0.5) is 0 Å². The normalized spacial score (nSPS) is 18.5. The van der Waals surface area contributed by atoms with Gasteiger partial charge in [-0.15, -0.1) is 0 Å². The molecule has 20 heavy (non-hydrogen) atoms. The Morgan fingerprint density at radius 3 is 2.55 bits per heavy atom. The van der Waals surface area contributed by atoms with Crippen molar-refractivity contribution in [2.24, 2.45) is 0 Å². The van der Waals surface area contributed by atoms with Gasteiger partial charge in [0, 0.05) is 35.5 Å². The molecule has 0 atom stereocenters. The second kappa shape index (κ2) is 5.07. The molecule has 0 N–H and O–H groups in total. The van der Waals surface area contributed by atoms with Crippen LogP contribution in [0.15, 0.2) is 17.2 Å². The highest BCUT2D eigenvalue weighted by Crippen LogP contribution is 2.30. The Morgan fingerprint density at radius 1 is 1.45 bits per heavy atom. The Hall–Kier alpha value is -1.01. The zero-order valence-electron chi connectivity index (χ0n) is 11.9. The molecule has 0 bridgehead atoms. The quantitative estimate of drug-likeness (QED) is 0.804. The minimum atomic E-state index is -3.82. The van der Waals surface area contributed by atoms with Gasteiger partial charge in [0.15, 0.2) is 0 Å². The molecule has 1 aromatic heterocycles. The van der Waals surface area contributed by atoms with Gasteiger partial charge in [0.25, 0.3) is 15.0 Å². The van der Waals surface area contributed by atoms with Gasteiger partial charge < -0.3 is 9.47 Å². The van der Waals surface area contributed by atoms with Crippen LogP contribution in [-0.2, 0) is 15.6 Å². The van der Waals surface area contributed by atoms with Crippen molar-refractivity contribution in [3.05, 3.63) is 18.0 Å². The van der Waals surface area contributed by atoms with E-state index >= 15 is 0 Å². The third-order valence-corrected chi connectivity index (χ3v) is 5.18. The summed E-state index contributed by atoms with van der Waals surface area (Å²) < 4.78 is 24.5. The van der Waals surface area contributed by atoms with Crippen molar-refractivity contribution in [3.8, 4) is 0 Å². The molecule has 1 fully saturated rings. The number of hydrogen-bond donors (Lipinski definition) is 0. The van der Waals surface area contributed by atoms with Gasteiger partial charge in [0.2, 0.25) is 0 Å². The SMILES string of the molecule is CCn1cc(S(=O)(=O)Cl)cc1C(=O)N1CCCC1(C)C. The van der Waals surface area contributed by atoms with Crippen LogP contribution >= 0.6 is 10.7 Å². The van der Waals surface area contributed by atoms with Crippen molar-refractivity contribution in [1.29, 1.82) is 0 Å². The summed E-state index contributed by atoms with van der Waals surface area (Å²) in [5, 5.41) is 0.